The monoisotopic (exact) mass is 247 g/mol. The minimum atomic E-state index is -0.454. The Bertz CT molecular complexity index is 550. The van der Waals surface area contributed by atoms with Gasteiger partial charge in [0.25, 0.3) is 0 Å². The van der Waals surface area contributed by atoms with Crippen molar-refractivity contribution in [3.63, 3.8) is 0 Å². The van der Waals surface area contributed by atoms with Gasteiger partial charge in [0, 0.05) is 24.5 Å². The number of aromatic nitrogens is 2. The molecule has 0 aliphatic carbocycles. The van der Waals surface area contributed by atoms with Crippen LogP contribution >= 0.6 is 0 Å². The molecule has 1 heterocycles. The van der Waals surface area contributed by atoms with Crippen molar-refractivity contribution in [1.29, 1.82) is 0 Å². The molecule has 6 nitrogen and oxygen atoms in total. The van der Waals surface area contributed by atoms with Gasteiger partial charge in [-0.25, -0.2) is 4.68 Å². The van der Waals surface area contributed by atoms with Crippen LogP contribution in [0.15, 0.2) is 36.7 Å². The summed E-state index contributed by atoms with van der Waals surface area (Å²) in [6.07, 6.45) is 3.28. The zero-order valence-electron chi connectivity index (χ0n) is 10.1. The molecule has 0 atom stereocenters. The fourth-order valence-electron chi connectivity index (χ4n) is 1.57. The highest BCUT2D eigenvalue weighted by atomic mass is 16.6. The van der Waals surface area contributed by atoms with Crippen molar-refractivity contribution in [2.45, 2.75) is 20.0 Å². The molecule has 0 radical (unpaired) electrons. The van der Waals surface area contributed by atoms with Crippen molar-refractivity contribution < 1.29 is 9.66 Å². The lowest BCUT2D eigenvalue weighted by atomic mass is 10.2. The fraction of sp³-hybridized carbons (Fsp3) is 0.250. The minimum Gasteiger partial charge on any atom is -0.484 e. The van der Waals surface area contributed by atoms with Crippen LogP contribution < -0.4 is 4.74 Å². The summed E-state index contributed by atoms with van der Waals surface area (Å²) in [4.78, 5) is 10.5. The number of rotatable bonds is 4. The first kappa shape index (κ1) is 12.1. The fourth-order valence-corrected chi connectivity index (χ4v) is 1.57. The highest BCUT2D eigenvalue weighted by Crippen LogP contribution is 2.30. The van der Waals surface area contributed by atoms with E-state index in [1.54, 1.807) is 35.3 Å². The van der Waals surface area contributed by atoms with Crippen molar-refractivity contribution in [2.75, 3.05) is 0 Å². The molecule has 94 valence electrons. The van der Waals surface area contributed by atoms with E-state index in [-0.39, 0.29) is 17.5 Å². The highest BCUT2D eigenvalue weighted by Gasteiger charge is 2.17. The largest absolute Gasteiger partial charge is 0.484 e. The number of ether oxygens (including phenoxy) is 1. The highest BCUT2D eigenvalue weighted by molar-refractivity contribution is 5.52. The zero-order valence-corrected chi connectivity index (χ0v) is 10.1. The lowest BCUT2D eigenvalue weighted by Crippen LogP contribution is -2.08. The molecule has 0 saturated carbocycles. The summed E-state index contributed by atoms with van der Waals surface area (Å²) in [6, 6.07) is 6.46. The van der Waals surface area contributed by atoms with Gasteiger partial charge in [0.1, 0.15) is 0 Å². The Kier molecular flexibility index (Phi) is 3.27. The van der Waals surface area contributed by atoms with E-state index in [0.29, 0.717) is 0 Å². The van der Waals surface area contributed by atoms with E-state index >= 15 is 0 Å². The lowest BCUT2D eigenvalue weighted by molar-refractivity contribution is -0.386. The van der Waals surface area contributed by atoms with E-state index in [0.717, 1.165) is 5.69 Å². The predicted molar refractivity (Wildman–Crippen MR) is 66.0 cm³/mol. The Balaban J connectivity index is 2.45. The molecule has 0 amide bonds. The van der Waals surface area contributed by atoms with Gasteiger partial charge in [0.05, 0.1) is 16.7 Å². The van der Waals surface area contributed by atoms with Crippen LogP contribution in [0.2, 0.25) is 0 Å². The zero-order chi connectivity index (χ0) is 13.1. The third-order valence-corrected chi connectivity index (χ3v) is 2.27. The molecule has 0 saturated heterocycles. The maximum atomic E-state index is 10.9. The van der Waals surface area contributed by atoms with Crippen molar-refractivity contribution in [2.24, 2.45) is 0 Å². The molecule has 2 aromatic rings. The second-order valence-electron chi connectivity index (χ2n) is 4.03. The number of nitrogens with zero attached hydrogens (tertiary/aromatic N) is 3. The first-order chi connectivity index (χ1) is 8.58. The van der Waals surface area contributed by atoms with Crippen LogP contribution in [0.1, 0.15) is 13.8 Å². The number of nitro groups is 1. The van der Waals surface area contributed by atoms with E-state index in [1.165, 1.54) is 6.07 Å². The number of benzene rings is 1. The van der Waals surface area contributed by atoms with Crippen LogP contribution in [0.4, 0.5) is 5.69 Å². The second-order valence-corrected chi connectivity index (χ2v) is 4.03. The van der Waals surface area contributed by atoms with Gasteiger partial charge in [-0.3, -0.25) is 10.1 Å². The summed E-state index contributed by atoms with van der Waals surface area (Å²) in [6.45, 7) is 3.65. The van der Waals surface area contributed by atoms with Crippen LogP contribution in [-0.4, -0.2) is 20.8 Å². The Hall–Kier alpha value is -2.37. The van der Waals surface area contributed by atoms with Gasteiger partial charge in [-0.05, 0) is 26.0 Å². The van der Waals surface area contributed by atoms with E-state index in [1.807, 2.05) is 13.8 Å². The van der Waals surface area contributed by atoms with Crippen molar-refractivity contribution in [1.82, 2.24) is 9.78 Å². The molecule has 0 spiro atoms. The number of hydrogen-bond acceptors (Lipinski definition) is 4. The van der Waals surface area contributed by atoms with Crippen LogP contribution in [0.5, 0.6) is 5.75 Å². The van der Waals surface area contributed by atoms with Crippen LogP contribution in [0, 0.1) is 10.1 Å². The molecule has 0 fully saturated rings. The van der Waals surface area contributed by atoms with Crippen molar-refractivity contribution >= 4 is 5.69 Å². The summed E-state index contributed by atoms with van der Waals surface area (Å²) in [5, 5.41) is 15.0. The van der Waals surface area contributed by atoms with Gasteiger partial charge in [-0.2, -0.15) is 5.10 Å². The van der Waals surface area contributed by atoms with Gasteiger partial charge in [-0.15, -0.1) is 0 Å². The molecule has 1 aromatic carbocycles. The van der Waals surface area contributed by atoms with E-state index in [9.17, 15) is 10.1 Å². The van der Waals surface area contributed by atoms with Crippen LogP contribution in [0.3, 0.4) is 0 Å². The second kappa shape index (κ2) is 4.87. The van der Waals surface area contributed by atoms with Gasteiger partial charge in [0.2, 0.25) is 0 Å². The third kappa shape index (κ3) is 2.48. The maximum Gasteiger partial charge on any atom is 0.311 e. The summed E-state index contributed by atoms with van der Waals surface area (Å²) in [5.74, 6) is 0.253. The summed E-state index contributed by atoms with van der Waals surface area (Å²) in [5.41, 5.74) is 0.681. The molecule has 1 aromatic heterocycles. The normalized spacial score (nSPS) is 10.6. The van der Waals surface area contributed by atoms with Crippen LogP contribution in [-0.2, 0) is 0 Å². The van der Waals surface area contributed by atoms with Gasteiger partial charge >= 0.3 is 5.69 Å². The van der Waals surface area contributed by atoms with Crippen LogP contribution in [0.25, 0.3) is 5.69 Å². The lowest BCUT2D eigenvalue weighted by Gasteiger charge is -2.11. The summed E-state index contributed by atoms with van der Waals surface area (Å²) >= 11 is 0. The van der Waals surface area contributed by atoms with Gasteiger partial charge in [0.15, 0.2) is 5.75 Å². The topological polar surface area (TPSA) is 70.2 Å². The molecule has 2 rings (SSSR count). The molecule has 6 heteroatoms. The predicted octanol–water partition coefficient (Wildman–Crippen LogP) is 2.57. The van der Waals surface area contributed by atoms with E-state index in [2.05, 4.69) is 5.10 Å². The number of hydrogen-bond donors (Lipinski definition) is 0. The Labute approximate surface area is 104 Å². The maximum absolute atomic E-state index is 10.9. The quantitative estimate of drug-likeness (QED) is 0.615. The molecular weight excluding hydrogens is 234 g/mol. The number of nitro benzene ring substituents is 1. The molecular formula is C12H13N3O3. The van der Waals surface area contributed by atoms with Gasteiger partial charge < -0.3 is 4.74 Å². The first-order valence-corrected chi connectivity index (χ1v) is 5.53. The standard InChI is InChI=1S/C12H13N3O3/c1-9(2)18-12-8-10(14-7-3-6-13-14)4-5-11(12)15(16)17/h3-9H,1-2H3. The van der Waals surface area contributed by atoms with Gasteiger partial charge in [-0.1, -0.05) is 0 Å². The average Bonchev–Trinajstić information content (AvgIpc) is 2.81. The molecule has 18 heavy (non-hydrogen) atoms. The minimum absolute atomic E-state index is 0.0420. The average molecular weight is 247 g/mol. The molecule has 0 unspecified atom stereocenters. The Morgan fingerprint density at radius 3 is 2.78 bits per heavy atom. The van der Waals surface area contributed by atoms with E-state index in [4.69, 9.17) is 4.74 Å². The SMILES string of the molecule is CC(C)Oc1cc(-n2cccn2)ccc1[N+](=O)[O-]. The Morgan fingerprint density at radius 2 is 2.22 bits per heavy atom. The van der Waals surface area contributed by atoms with Crippen molar-refractivity contribution in [3.8, 4) is 11.4 Å². The Morgan fingerprint density at radius 1 is 1.44 bits per heavy atom. The van der Waals surface area contributed by atoms with Crippen molar-refractivity contribution in [3.05, 3.63) is 46.8 Å². The van der Waals surface area contributed by atoms with E-state index < -0.39 is 4.92 Å². The third-order valence-electron chi connectivity index (χ3n) is 2.27. The molecule has 0 bridgehead atoms. The summed E-state index contributed by atoms with van der Waals surface area (Å²) in [7, 11) is 0. The smallest absolute Gasteiger partial charge is 0.311 e. The summed E-state index contributed by atoms with van der Waals surface area (Å²) < 4.78 is 7.08. The molecule has 0 aliphatic heterocycles. The first-order valence-electron chi connectivity index (χ1n) is 5.53. The molecule has 0 aliphatic rings. The molecule has 0 N–H and O–H groups in total.